The fraction of sp³-hybridized carbons (Fsp3) is 0.200. The molecule has 4 heteroatoms. The van der Waals surface area contributed by atoms with E-state index < -0.39 is 0 Å². The number of hydrogen-bond acceptors (Lipinski definition) is 0. The Kier molecular flexibility index (Phi) is 4.84. The third-order valence-electron chi connectivity index (χ3n) is 3.12. The number of rotatable bonds is 2. The molecule has 0 amide bonds. The molecule has 2 rings (SSSR count). The van der Waals surface area contributed by atoms with Gasteiger partial charge in [0.15, 0.2) is 0 Å². The fourth-order valence-corrected chi connectivity index (χ4v) is 3.06. The highest BCUT2D eigenvalue weighted by Gasteiger charge is 2.16. The van der Waals surface area contributed by atoms with Crippen LogP contribution in [0.4, 0.5) is 0 Å². The van der Waals surface area contributed by atoms with Gasteiger partial charge in [0, 0.05) is 9.50 Å². The second-order valence-electron chi connectivity index (χ2n) is 4.49. The van der Waals surface area contributed by atoms with Crippen LogP contribution in [0.25, 0.3) is 0 Å². The average Bonchev–Trinajstić information content (AvgIpc) is 2.36. The van der Waals surface area contributed by atoms with Crippen molar-refractivity contribution in [3.63, 3.8) is 0 Å². The molecule has 0 radical (unpaired) electrons. The standard InChI is InChI=1S/C15H12BrCl3/c1-8-5-11(14(18)6-9(8)2)15(19)10-3-4-13(17)12(16)7-10/h3-7,15H,1-2H3. The Morgan fingerprint density at radius 3 is 2.21 bits per heavy atom. The van der Waals surface area contributed by atoms with Gasteiger partial charge in [-0.3, -0.25) is 0 Å². The highest BCUT2D eigenvalue weighted by molar-refractivity contribution is 9.10. The van der Waals surface area contributed by atoms with Crippen LogP contribution in [-0.2, 0) is 0 Å². The van der Waals surface area contributed by atoms with Crippen LogP contribution >= 0.6 is 50.7 Å². The van der Waals surface area contributed by atoms with Gasteiger partial charge in [0.2, 0.25) is 0 Å². The number of aryl methyl sites for hydroxylation is 2. The summed E-state index contributed by atoms with van der Waals surface area (Å²) in [5, 5.41) is 1.06. The van der Waals surface area contributed by atoms with Gasteiger partial charge < -0.3 is 0 Å². The average molecular weight is 379 g/mol. The molecule has 0 bridgehead atoms. The molecular formula is C15H12BrCl3. The zero-order valence-electron chi connectivity index (χ0n) is 10.5. The summed E-state index contributed by atoms with van der Waals surface area (Å²) in [5.41, 5.74) is 4.22. The topological polar surface area (TPSA) is 0 Å². The molecule has 0 saturated carbocycles. The van der Waals surface area contributed by atoms with E-state index in [1.807, 2.05) is 37.3 Å². The number of hydrogen-bond donors (Lipinski definition) is 0. The third kappa shape index (κ3) is 3.28. The minimum absolute atomic E-state index is 0.291. The first-order valence-electron chi connectivity index (χ1n) is 5.76. The molecule has 2 aromatic carbocycles. The van der Waals surface area contributed by atoms with Crippen molar-refractivity contribution in [2.45, 2.75) is 19.2 Å². The molecule has 0 aromatic heterocycles. The van der Waals surface area contributed by atoms with Gasteiger partial charge in [0.1, 0.15) is 0 Å². The molecule has 0 aliphatic heterocycles. The van der Waals surface area contributed by atoms with E-state index in [0.29, 0.717) is 10.0 Å². The first-order chi connectivity index (χ1) is 8.90. The number of halogens is 4. The summed E-state index contributed by atoms with van der Waals surface area (Å²) in [4.78, 5) is 0. The Balaban J connectivity index is 2.46. The van der Waals surface area contributed by atoms with Gasteiger partial charge in [0.05, 0.1) is 10.4 Å². The SMILES string of the molecule is Cc1cc(Cl)c(C(Cl)c2ccc(Cl)c(Br)c2)cc1C. The van der Waals surface area contributed by atoms with Crippen LogP contribution in [-0.4, -0.2) is 0 Å². The molecule has 0 nitrogen and oxygen atoms in total. The van der Waals surface area contributed by atoms with E-state index in [9.17, 15) is 0 Å². The second-order valence-corrected chi connectivity index (χ2v) is 6.60. The van der Waals surface area contributed by atoms with Crippen molar-refractivity contribution in [2.24, 2.45) is 0 Å². The predicted octanol–water partition coefficient (Wildman–Crippen LogP) is 6.70. The maximum Gasteiger partial charge on any atom is 0.0850 e. The lowest BCUT2D eigenvalue weighted by Gasteiger charge is -2.15. The number of benzene rings is 2. The van der Waals surface area contributed by atoms with Crippen molar-refractivity contribution >= 4 is 50.7 Å². The maximum atomic E-state index is 6.54. The molecule has 100 valence electrons. The van der Waals surface area contributed by atoms with Crippen molar-refractivity contribution in [3.05, 3.63) is 67.1 Å². The van der Waals surface area contributed by atoms with E-state index in [2.05, 4.69) is 22.9 Å². The Bertz CT molecular complexity index is 623. The van der Waals surface area contributed by atoms with Gasteiger partial charge in [-0.05, 0) is 70.2 Å². The van der Waals surface area contributed by atoms with Gasteiger partial charge in [-0.15, -0.1) is 11.6 Å². The smallest absolute Gasteiger partial charge is 0.0850 e. The Morgan fingerprint density at radius 1 is 0.947 bits per heavy atom. The van der Waals surface area contributed by atoms with Crippen LogP contribution in [0.5, 0.6) is 0 Å². The highest BCUT2D eigenvalue weighted by Crippen LogP contribution is 2.37. The van der Waals surface area contributed by atoms with Crippen LogP contribution < -0.4 is 0 Å². The summed E-state index contributed by atoms with van der Waals surface area (Å²) in [6.07, 6.45) is 0. The Hall–Kier alpha value is -0.210. The molecule has 1 atom stereocenters. The van der Waals surface area contributed by atoms with Crippen molar-refractivity contribution in [1.29, 1.82) is 0 Å². The summed E-state index contributed by atoms with van der Waals surface area (Å²) in [6.45, 7) is 4.09. The van der Waals surface area contributed by atoms with Crippen molar-refractivity contribution in [1.82, 2.24) is 0 Å². The van der Waals surface area contributed by atoms with Crippen LogP contribution in [0.2, 0.25) is 10.0 Å². The molecule has 0 aliphatic carbocycles. The number of alkyl halides is 1. The molecule has 0 fully saturated rings. The highest BCUT2D eigenvalue weighted by atomic mass is 79.9. The lowest BCUT2D eigenvalue weighted by molar-refractivity contribution is 1.12. The first-order valence-corrected chi connectivity index (χ1v) is 7.74. The zero-order valence-corrected chi connectivity index (χ0v) is 14.3. The summed E-state index contributed by atoms with van der Waals surface area (Å²) in [5.74, 6) is 0. The third-order valence-corrected chi connectivity index (χ3v) is 5.15. The van der Waals surface area contributed by atoms with E-state index in [0.717, 1.165) is 21.2 Å². The van der Waals surface area contributed by atoms with E-state index in [1.165, 1.54) is 5.56 Å². The normalized spacial score (nSPS) is 12.5. The van der Waals surface area contributed by atoms with Gasteiger partial charge in [-0.1, -0.05) is 35.3 Å². The zero-order chi connectivity index (χ0) is 14.2. The first kappa shape index (κ1) is 15.2. The van der Waals surface area contributed by atoms with Crippen LogP contribution in [0.1, 0.15) is 27.6 Å². The summed E-state index contributed by atoms with van der Waals surface area (Å²) < 4.78 is 0.831. The summed E-state index contributed by atoms with van der Waals surface area (Å²) in [7, 11) is 0. The summed E-state index contributed by atoms with van der Waals surface area (Å²) >= 11 is 22.2. The molecular weight excluding hydrogens is 366 g/mol. The lowest BCUT2D eigenvalue weighted by atomic mass is 10.00. The summed E-state index contributed by atoms with van der Waals surface area (Å²) in [6, 6.07) is 9.65. The van der Waals surface area contributed by atoms with Crippen molar-refractivity contribution in [3.8, 4) is 0 Å². The van der Waals surface area contributed by atoms with Gasteiger partial charge >= 0.3 is 0 Å². The monoisotopic (exact) mass is 376 g/mol. The van der Waals surface area contributed by atoms with Crippen LogP contribution in [0.3, 0.4) is 0 Å². The largest absolute Gasteiger partial charge is 0.113 e. The van der Waals surface area contributed by atoms with Gasteiger partial charge in [0.25, 0.3) is 0 Å². The van der Waals surface area contributed by atoms with Gasteiger partial charge in [-0.2, -0.15) is 0 Å². The van der Waals surface area contributed by atoms with E-state index >= 15 is 0 Å². The molecule has 2 aromatic rings. The molecule has 19 heavy (non-hydrogen) atoms. The maximum absolute atomic E-state index is 6.54. The molecule has 1 unspecified atom stereocenters. The minimum atomic E-state index is -0.291. The quantitative estimate of drug-likeness (QED) is 0.510. The second kappa shape index (κ2) is 6.05. The molecule has 0 N–H and O–H groups in total. The Morgan fingerprint density at radius 2 is 1.58 bits per heavy atom. The Labute approximate surface area is 136 Å². The minimum Gasteiger partial charge on any atom is -0.113 e. The van der Waals surface area contributed by atoms with E-state index in [-0.39, 0.29) is 5.38 Å². The molecule has 0 saturated heterocycles. The van der Waals surface area contributed by atoms with Crippen molar-refractivity contribution < 1.29 is 0 Å². The fourth-order valence-electron chi connectivity index (χ4n) is 1.85. The predicted molar refractivity (Wildman–Crippen MR) is 87.8 cm³/mol. The molecule has 0 heterocycles. The van der Waals surface area contributed by atoms with E-state index in [1.54, 1.807) is 0 Å². The molecule has 0 aliphatic rings. The lowest BCUT2D eigenvalue weighted by Crippen LogP contribution is -1.97. The van der Waals surface area contributed by atoms with Crippen molar-refractivity contribution in [2.75, 3.05) is 0 Å². The van der Waals surface area contributed by atoms with Gasteiger partial charge in [-0.25, -0.2) is 0 Å². The van der Waals surface area contributed by atoms with Crippen LogP contribution in [0, 0.1) is 13.8 Å². The van der Waals surface area contributed by atoms with Crippen LogP contribution in [0.15, 0.2) is 34.8 Å². The molecule has 0 spiro atoms. The van der Waals surface area contributed by atoms with E-state index in [4.69, 9.17) is 34.8 Å².